The highest BCUT2D eigenvalue weighted by Crippen LogP contribution is 2.26. The van der Waals surface area contributed by atoms with Crippen molar-refractivity contribution in [3.05, 3.63) is 24.0 Å². The van der Waals surface area contributed by atoms with E-state index in [1.54, 1.807) is 6.07 Å². The van der Waals surface area contributed by atoms with Crippen LogP contribution < -0.4 is 16.0 Å². The summed E-state index contributed by atoms with van der Waals surface area (Å²) in [4.78, 5) is 28.5. The first-order valence-electron chi connectivity index (χ1n) is 10.7. The number of anilines is 2. The van der Waals surface area contributed by atoms with Crippen molar-refractivity contribution in [3.8, 4) is 0 Å². The molecule has 0 bridgehead atoms. The second-order valence-corrected chi connectivity index (χ2v) is 10.5. The lowest BCUT2D eigenvalue weighted by molar-refractivity contribution is -0.125. The molecule has 3 N–H and O–H groups in total. The van der Waals surface area contributed by atoms with Crippen LogP contribution in [0, 0.1) is 16.6 Å². The smallest absolute Gasteiger partial charge is 0.253 e. The zero-order chi connectivity index (χ0) is 23.4. The molecule has 1 saturated heterocycles. The first-order chi connectivity index (χ1) is 14.3. The average Bonchev–Trinajstić information content (AvgIpc) is 2.60. The summed E-state index contributed by atoms with van der Waals surface area (Å²) in [5.41, 5.74) is 6.48. The topological polar surface area (TPSA) is 87.9 Å². The zero-order valence-electron chi connectivity index (χ0n) is 19.6. The van der Waals surface area contributed by atoms with E-state index >= 15 is 0 Å². The van der Waals surface area contributed by atoms with Crippen molar-refractivity contribution in [1.82, 2.24) is 4.90 Å². The minimum Gasteiger partial charge on any atom is -0.370 e. The summed E-state index contributed by atoms with van der Waals surface area (Å²) >= 11 is 0. The van der Waals surface area contributed by atoms with Crippen LogP contribution in [0.5, 0.6) is 0 Å². The van der Waals surface area contributed by atoms with Gasteiger partial charge in [0, 0.05) is 31.9 Å². The van der Waals surface area contributed by atoms with E-state index in [0.29, 0.717) is 31.9 Å². The normalized spacial score (nSPS) is 16.5. The van der Waals surface area contributed by atoms with E-state index in [1.807, 2.05) is 0 Å². The number of morpholine rings is 1. The number of carbonyl (C=O) groups excluding carboxylic acids is 2. The number of halogens is 1. The van der Waals surface area contributed by atoms with Crippen LogP contribution in [-0.2, 0) is 14.3 Å². The summed E-state index contributed by atoms with van der Waals surface area (Å²) in [5, 5.41) is 2.80. The summed E-state index contributed by atoms with van der Waals surface area (Å²) in [6.07, 6.45) is 0. The number of amides is 2. The van der Waals surface area contributed by atoms with Crippen molar-refractivity contribution in [3.63, 3.8) is 0 Å². The Morgan fingerprint density at radius 2 is 1.84 bits per heavy atom. The lowest BCUT2D eigenvalue weighted by Crippen LogP contribution is -2.53. The lowest BCUT2D eigenvalue weighted by atomic mass is 9.91. The molecule has 1 aromatic carbocycles. The monoisotopic (exact) mass is 436 g/mol. The van der Waals surface area contributed by atoms with E-state index in [9.17, 15) is 14.0 Å². The van der Waals surface area contributed by atoms with Gasteiger partial charge in [-0.15, -0.1) is 0 Å². The standard InChI is InChI=1S/C23H37FN4O3/c1-22(2,3)14-27(15-23(4,5)6)19(12-25)21(30)26-16-7-8-18(17(24)11-16)28-9-10-31-13-20(28)29/h7-8,11,19H,9-10,12-15,25H2,1-6H3,(H,26,30)/t19-/m1/s1. The van der Waals surface area contributed by atoms with E-state index in [1.165, 1.54) is 17.0 Å². The van der Waals surface area contributed by atoms with E-state index in [2.05, 4.69) is 51.8 Å². The summed E-state index contributed by atoms with van der Waals surface area (Å²) in [6, 6.07) is 3.81. The second kappa shape index (κ2) is 10.1. The molecule has 1 fully saturated rings. The molecule has 0 aliphatic carbocycles. The lowest BCUT2D eigenvalue weighted by Gasteiger charge is -2.38. The van der Waals surface area contributed by atoms with Gasteiger partial charge in [0.25, 0.3) is 5.91 Å². The van der Waals surface area contributed by atoms with Gasteiger partial charge >= 0.3 is 0 Å². The molecular weight excluding hydrogens is 399 g/mol. The third-order valence-corrected chi connectivity index (χ3v) is 4.81. The van der Waals surface area contributed by atoms with Crippen LogP contribution in [0.15, 0.2) is 18.2 Å². The summed E-state index contributed by atoms with van der Waals surface area (Å²) in [7, 11) is 0. The number of rotatable bonds is 7. The van der Waals surface area contributed by atoms with Crippen LogP contribution in [0.4, 0.5) is 15.8 Å². The molecule has 0 aromatic heterocycles. The minimum atomic E-state index is -0.571. The van der Waals surface area contributed by atoms with Gasteiger partial charge in [0.15, 0.2) is 0 Å². The molecule has 1 aromatic rings. The maximum absolute atomic E-state index is 14.7. The fourth-order valence-electron chi connectivity index (χ4n) is 3.72. The van der Waals surface area contributed by atoms with E-state index in [4.69, 9.17) is 10.5 Å². The third kappa shape index (κ3) is 7.55. The Balaban J connectivity index is 2.18. The van der Waals surface area contributed by atoms with Gasteiger partial charge in [-0.2, -0.15) is 0 Å². The average molecular weight is 437 g/mol. The van der Waals surface area contributed by atoms with E-state index in [0.717, 1.165) is 0 Å². The number of benzene rings is 1. The highest BCUT2D eigenvalue weighted by Gasteiger charge is 2.31. The molecule has 1 aliphatic rings. The highest BCUT2D eigenvalue weighted by molar-refractivity contribution is 5.97. The number of hydrogen-bond donors (Lipinski definition) is 2. The SMILES string of the molecule is CC(C)(C)CN(CC(C)(C)C)[C@H](CN)C(=O)Nc1ccc(N2CCOCC2=O)c(F)c1. The molecule has 1 atom stereocenters. The quantitative estimate of drug-likeness (QED) is 0.686. The minimum absolute atomic E-state index is 0.0165. The first-order valence-corrected chi connectivity index (χ1v) is 10.7. The molecule has 8 heteroatoms. The summed E-state index contributed by atoms with van der Waals surface area (Å²) in [5.74, 6) is -1.13. The van der Waals surface area contributed by atoms with Crippen LogP contribution in [-0.4, -0.2) is 62.1 Å². The van der Waals surface area contributed by atoms with Gasteiger partial charge in [-0.1, -0.05) is 41.5 Å². The van der Waals surface area contributed by atoms with Crippen LogP contribution in [0.1, 0.15) is 41.5 Å². The molecule has 0 radical (unpaired) electrons. The maximum Gasteiger partial charge on any atom is 0.253 e. The molecule has 7 nitrogen and oxygen atoms in total. The number of nitrogens with zero attached hydrogens (tertiary/aromatic N) is 2. The van der Waals surface area contributed by atoms with Gasteiger partial charge in [0.2, 0.25) is 5.91 Å². The fourth-order valence-corrected chi connectivity index (χ4v) is 3.72. The van der Waals surface area contributed by atoms with Crippen molar-refractivity contribution < 1.29 is 18.7 Å². The Labute approximate surface area is 185 Å². The van der Waals surface area contributed by atoms with Gasteiger partial charge < -0.3 is 20.7 Å². The third-order valence-electron chi connectivity index (χ3n) is 4.81. The van der Waals surface area contributed by atoms with Gasteiger partial charge in [-0.05, 0) is 29.0 Å². The molecule has 174 valence electrons. The molecule has 2 amide bonds. The van der Waals surface area contributed by atoms with E-state index in [-0.39, 0.29) is 41.5 Å². The van der Waals surface area contributed by atoms with Crippen molar-refractivity contribution in [2.24, 2.45) is 16.6 Å². The first kappa shape index (κ1) is 25.2. The predicted octanol–water partition coefficient (Wildman–Crippen LogP) is 2.85. The Bertz CT molecular complexity index is 770. The van der Waals surface area contributed by atoms with Gasteiger partial charge in [0.1, 0.15) is 18.5 Å². The molecule has 0 spiro atoms. The Hall–Kier alpha value is -2.03. The maximum atomic E-state index is 14.7. The van der Waals surface area contributed by atoms with Crippen LogP contribution >= 0.6 is 0 Å². The van der Waals surface area contributed by atoms with Crippen LogP contribution in [0.2, 0.25) is 0 Å². The van der Waals surface area contributed by atoms with E-state index < -0.39 is 11.9 Å². The molecule has 0 unspecified atom stereocenters. The van der Waals surface area contributed by atoms with Crippen LogP contribution in [0.25, 0.3) is 0 Å². The Morgan fingerprint density at radius 3 is 2.32 bits per heavy atom. The molecule has 0 saturated carbocycles. The predicted molar refractivity (Wildman–Crippen MR) is 122 cm³/mol. The number of ether oxygens (including phenoxy) is 1. The van der Waals surface area contributed by atoms with Gasteiger partial charge in [0.05, 0.1) is 12.3 Å². The zero-order valence-corrected chi connectivity index (χ0v) is 19.6. The fraction of sp³-hybridized carbons (Fsp3) is 0.652. The highest BCUT2D eigenvalue weighted by atomic mass is 19.1. The van der Waals surface area contributed by atoms with Crippen LogP contribution in [0.3, 0.4) is 0 Å². The van der Waals surface area contributed by atoms with Crippen molar-refractivity contribution in [1.29, 1.82) is 0 Å². The number of carbonyl (C=O) groups is 2. The largest absolute Gasteiger partial charge is 0.370 e. The summed E-state index contributed by atoms with van der Waals surface area (Å²) in [6.45, 7) is 14.9. The number of nitrogens with one attached hydrogen (secondary N) is 1. The molecule has 1 heterocycles. The Morgan fingerprint density at radius 1 is 1.23 bits per heavy atom. The van der Waals surface area contributed by atoms with Gasteiger partial charge in [-0.3, -0.25) is 14.5 Å². The molecular formula is C23H37FN4O3. The van der Waals surface area contributed by atoms with Crippen molar-refractivity contribution >= 4 is 23.2 Å². The summed E-state index contributed by atoms with van der Waals surface area (Å²) < 4.78 is 19.8. The van der Waals surface area contributed by atoms with Crippen molar-refractivity contribution in [2.45, 2.75) is 47.6 Å². The molecule has 2 rings (SSSR count). The molecule has 31 heavy (non-hydrogen) atoms. The second-order valence-electron chi connectivity index (χ2n) is 10.5. The van der Waals surface area contributed by atoms with Gasteiger partial charge in [-0.25, -0.2) is 4.39 Å². The van der Waals surface area contributed by atoms with Crippen molar-refractivity contribution in [2.75, 3.05) is 49.6 Å². The Kier molecular flexibility index (Phi) is 8.19. The number of hydrogen-bond acceptors (Lipinski definition) is 5. The molecule has 1 aliphatic heterocycles. The number of nitrogens with two attached hydrogens (primary N) is 1.